The number of halogens is 1. The highest BCUT2D eigenvalue weighted by Crippen LogP contribution is 2.18. The van der Waals surface area contributed by atoms with Crippen molar-refractivity contribution in [3.8, 4) is 0 Å². The monoisotopic (exact) mass is 304 g/mol. The first-order chi connectivity index (χ1) is 10.2. The van der Waals surface area contributed by atoms with Crippen LogP contribution >= 0.6 is 11.6 Å². The van der Waals surface area contributed by atoms with E-state index in [1.807, 2.05) is 18.2 Å². The van der Waals surface area contributed by atoms with Crippen LogP contribution < -0.4 is 5.56 Å². The van der Waals surface area contributed by atoms with Crippen LogP contribution in [0.15, 0.2) is 40.0 Å². The molecule has 7 heteroatoms. The van der Waals surface area contributed by atoms with Crippen molar-refractivity contribution in [3.05, 3.63) is 52.7 Å². The second kappa shape index (κ2) is 5.65. The molecule has 0 saturated carbocycles. The van der Waals surface area contributed by atoms with Crippen molar-refractivity contribution in [2.24, 2.45) is 0 Å². The zero-order valence-electron chi connectivity index (χ0n) is 11.4. The second-order valence-electron chi connectivity index (χ2n) is 4.66. The van der Waals surface area contributed by atoms with Crippen LogP contribution in [0.1, 0.15) is 23.9 Å². The lowest BCUT2D eigenvalue weighted by molar-refractivity contribution is 0.407. The maximum absolute atomic E-state index is 12.6. The van der Waals surface area contributed by atoms with Gasteiger partial charge in [0.1, 0.15) is 5.82 Å². The van der Waals surface area contributed by atoms with E-state index in [4.69, 9.17) is 16.1 Å². The minimum atomic E-state index is -0.368. The highest BCUT2D eigenvalue weighted by atomic mass is 35.5. The van der Waals surface area contributed by atoms with E-state index in [1.54, 1.807) is 17.6 Å². The van der Waals surface area contributed by atoms with Gasteiger partial charge >= 0.3 is 0 Å². The van der Waals surface area contributed by atoms with E-state index in [0.29, 0.717) is 35.5 Å². The van der Waals surface area contributed by atoms with E-state index in [-0.39, 0.29) is 10.9 Å². The molecule has 0 aliphatic rings. The first-order valence-corrected chi connectivity index (χ1v) is 6.99. The van der Waals surface area contributed by atoms with Gasteiger partial charge in [-0.25, -0.2) is 4.98 Å². The smallest absolute Gasteiger partial charge is 0.261 e. The molecule has 0 aliphatic carbocycles. The first kappa shape index (κ1) is 13.8. The molecule has 3 aromatic rings. The summed E-state index contributed by atoms with van der Waals surface area (Å²) in [5, 5.41) is 3.95. The fourth-order valence-electron chi connectivity index (χ4n) is 2.22. The van der Waals surface area contributed by atoms with Crippen molar-refractivity contribution in [1.29, 1.82) is 0 Å². The summed E-state index contributed by atoms with van der Waals surface area (Å²) in [7, 11) is 0. The normalized spacial score (nSPS) is 12.7. The molecule has 0 fully saturated rings. The van der Waals surface area contributed by atoms with Gasteiger partial charge < -0.3 is 4.52 Å². The van der Waals surface area contributed by atoms with E-state index >= 15 is 0 Å². The largest absolute Gasteiger partial charge is 0.343 e. The van der Waals surface area contributed by atoms with Gasteiger partial charge in [-0.1, -0.05) is 17.3 Å². The van der Waals surface area contributed by atoms with Crippen LogP contribution in [0.5, 0.6) is 0 Å². The molecule has 3 rings (SSSR count). The van der Waals surface area contributed by atoms with Gasteiger partial charge in [0.2, 0.25) is 6.39 Å². The van der Waals surface area contributed by atoms with Crippen LogP contribution in [0.3, 0.4) is 0 Å². The van der Waals surface area contributed by atoms with Gasteiger partial charge in [-0.05, 0) is 19.1 Å². The van der Waals surface area contributed by atoms with Gasteiger partial charge in [0, 0.05) is 13.0 Å². The Bertz CT molecular complexity index is 811. The van der Waals surface area contributed by atoms with Crippen molar-refractivity contribution in [2.45, 2.75) is 25.3 Å². The lowest BCUT2D eigenvalue weighted by Gasteiger charge is -2.14. The molecule has 0 bridgehead atoms. The van der Waals surface area contributed by atoms with Crippen molar-refractivity contribution >= 4 is 22.5 Å². The number of benzene rings is 1. The number of aryl methyl sites for hydroxylation is 1. The maximum Gasteiger partial charge on any atom is 0.261 e. The standard InChI is InChI=1S/C14H13ClN4O2/c1-9(15)13-17-11-5-3-2-4-10(11)14(20)19(13)7-6-12-16-8-21-18-12/h2-5,8-9H,6-7H2,1H3. The third-order valence-electron chi connectivity index (χ3n) is 3.21. The van der Waals surface area contributed by atoms with Crippen LogP contribution in [0, 0.1) is 0 Å². The Morgan fingerprint density at radius 1 is 1.38 bits per heavy atom. The van der Waals surface area contributed by atoms with E-state index in [2.05, 4.69) is 15.1 Å². The van der Waals surface area contributed by atoms with Crippen molar-refractivity contribution in [1.82, 2.24) is 19.7 Å². The molecule has 108 valence electrons. The highest BCUT2D eigenvalue weighted by molar-refractivity contribution is 6.20. The number of aromatic nitrogens is 4. The summed E-state index contributed by atoms with van der Waals surface area (Å²) in [6, 6.07) is 7.24. The molecule has 1 atom stereocenters. The summed E-state index contributed by atoms with van der Waals surface area (Å²) in [4.78, 5) is 21.1. The quantitative estimate of drug-likeness (QED) is 0.692. The van der Waals surface area contributed by atoms with E-state index in [1.165, 1.54) is 6.39 Å². The van der Waals surface area contributed by atoms with Gasteiger partial charge in [-0.15, -0.1) is 11.6 Å². The molecule has 2 aromatic heterocycles. The number of hydrogen-bond acceptors (Lipinski definition) is 5. The lowest BCUT2D eigenvalue weighted by atomic mass is 10.2. The third kappa shape index (κ3) is 2.67. The summed E-state index contributed by atoms with van der Waals surface area (Å²) < 4.78 is 6.27. The Labute approximate surface area is 125 Å². The maximum atomic E-state index is 12.6. The molecule has 0 saturated heterocycles. The van der Waals surface area contributed by atoms with Crippen LogP contribution in [-0.2, 0) is 13.0 Å². The molecule has 21 heavy (non-hydrogen) atoms. The zero-order valence-corrected chi connectivity index (χ0v) is 12.1. The predicted molar refractivity (Wildman–Crippen MR) is 78.3 cm³/mol. The van der Waals surface area contributed by atoms with Crippen LogP contribution in [0.25, 0.3) is 10.9 Å². The lowest BCUT2D eigenvalue weighted by Crippen LogP contribution is -2.26. The molecular formula is C14H13ClN4O2. The van der Waals surface area contributed by atoms with Gasteiger partial charge in [0.25, 0.3) is 5.56 Å². The molecule has 2 heterocycles. The average Bonchev–Trinajstić information content (AvgIpc) is 2.99. The molecule has 6 nitrogen and oxygen atoms in total. The zero-order chi connectivity index (χ0) is 14.8. The Morgan fingerprint density at radius 3 is 2.90 bits per heavy atom. The number of alkyl halides is 1. The number of hydrogen-bond donors (Lipinski definition) is 0. The summed E-state index contributed by atoms with van der Waals surface area (Å²) in [5.74, 6) is 1.09. The Hall–Kier alpha value is -2.21. The molecular weight excluding hydrogens is 292 g/mol. The topological polar surface area (TPSA) is 73.8 Å². The fourth-order valence-corrected chi connectivity index (χ4v) is 2.39. The van der Waals surface area contributed by atoms with Crippen LogP contribution in [0.2, 0.25) is 0 Å². The molecule has 0 radical (unpaired) electrons. The van der Waals surface area contributed by atoms with Crippen molar-refractivity contribution < 1.29 is 4.52 Å². The van der Waals surface area contributed by atoms with Gasteiger partial charge in [-0.3, -0.25) is 9.36 Å². The molecule has 0 spiro atoms. The van der Waals surface area contributed by atoms with Crippen molar-refractivity contribution in [2.75, 3.05) is 0 Å². The summed E-state index contributed by atoms with van der Waals surface area (Å²) in [5.41, 5.74) is 0.549. The molecule has 1 aromatic carbocycles. The van der Waals surface area contributed by atoms with Gasteiger partial charge in [0.15, 0.2) is 5.82 Å². The minimum Gasteiger partial charge on any atom is -0.343 e. The van der Waals surface area contributed by atoms with Crippen molar-refractivity contribution in [3.63, 3.8) is 0 Å². The fraction of sp³-hybridized carbons (Fsp3) is 0.286. The SMILES string of the molecule is CC(Cl)c1nc2ccccc2c(=O)n1CCc1ncon1. The number of rotatable bonds is 4. The Morgan fingerprint density at radius 2 is 2.19 bits per heavy atom. The van der Waals surface area contributed by atoms with E-state index in [0.717, 1.165) is 0 Å². The number of para-hydroxylation sites is 1. The summed E-state index contributed by atoms with van der Waals surface area (Å²) in [6.45, 7) is 2.20. The molecule has 0 amide bonds. The van der Waals surface area contributed by atoms with Gasteiger partial charge in [-0.2, -0.15) is 4.98 Å². The van der Waals surface area contributed by atoms with Crippen LogP contribution in [-0.4, -0.2) is 19.7 Å². The second-order valence-corrected chi connectivity index (χ2v) is 5.31. The highest BCUT2D eigenvalue weighted by Gasteiger charge is 2.15. The Balaban J connectivity index is 2.08. The van der Waals surface area contributed by atoms with E-state index < -0.39 is 0 Å². The summed E-state index contributed by atoms with van der Waals surface area (Å²) in [6.07, 6.45) is 1.74. The number of fused-ring (bicyclic) bond motifs is 1. The Kier molecular flexibility index (Phi) is 3.70. The molecule has 1 unspecified atom stereocenters. The molecule has 0 N–H and O–H groups in total. The van der Waals surface area contributed by atoms with Gasteiger partial charge in [0.05, 0.1) is 16.3 Å². The number of nitrogens with zero attached hydrogens (tertiary/aromatic N) is 4. The first-order valence-electron chi connectivity index (χ1n) is 6.55. The third-order valence-corrected chi connectivity index (χ3v) is 3.41. The van der Waals surface area contributed by atoms with Crippen LogP contribution in [0.4, 0.5) is 0 Å². The summed E-state index contributed by atoms with van der Waals surface area (Å²) >= 11 is 6.17. The minimum absolute atomic E-state index is 0.105. The average molecular weight is 305 g/mol. The van der Waals surface area contributed by atoms with E-state index in [9.17, 15) is 4.79 Å². The molecule has 0 aliphatic heterocycles. The predicted octanol–water partition coefficient (Wildman–Crippen LogP) is 2.32.